The molecular formula is C28H29N7O2. The topological polar surface area (TPSA) is 119 Å². The number of anilines is 1. The molecule has 0 radical (unpaired) electrons. The first-order valence-electron chi connectivity index (χ1n) is 12.8. The van der Waals surface area contributed by atoms with Crippen LogP contribution >= 0.6 is 0 Å². The number of fused-ring (bicyclic) bond motifs is 1. The van der Waals surface area contributed by atoms with Crippen molar-refractivity contribution in [3.8, 4) is 17.2 Å². The molecule has 1 aliphatic carbocycles. The van der Waals surface area contributed by atoms with Gasteiger partial charge in [0, 0.05) is 43.0 Å². The van der Waals surface area contributed by atoms with Crippen LogP contribution in [-0.2, 0) is 16.0 Å². The van der Waals surface area contributed by atoms with Gasteiger partial charge in [-0.05, 0) is 48.6 Å². The van der Waals surface area contributed by atoms with E-state index < -0.39 is 5.91 Å². The highest BCUT2D eigenvalue weighted by molar-refractivity contribution is 5.86. The van der Waals surface area contributed by atoms with Crippen molar-refractivity contribution in [2.45, 2.75) is 38.1 Å². The van der Waals surface area contributed by atoms with Crippen LogP contribution in [0.2, 0.25) is 0 Å². The van der Waals surface area contributed by atoms with Crippen LogP contribution < -0.4 is 11.1 Å². The minimum atomic E-state index is -0.443. The van der Waals surface area contributed by atoms with Crippen molar-refractivity contribution in [2.75, 3.05) is 18.4 Å². The Kier molecular flexibility index (Phi) is 6.04. The fourth-order valence-corrected chi connectivity index (χ4v) is 5.09. The van der Waals surface area contributed by atoms with Gasteiger partial charge < -0.3 is 16.0 Å². The lowest BCUT2D eigenvalue weighted by molar-refractivity contribution is -0.133. The molecule has 0 spiro atoms. The Labute approximate surface area is 214 Å². The summed E-state index contributed by atoms with van der Waals surface area (Å²) in [4.78, 5) is 40.3. The van der Waals surface area contributed by atoms with E-state index >= 15 is 0 Å². The third kappa shape index (κ3) is 4.89. The lowest BCUT2D eigenvalue weighted by Gasteiger charge is -2.33. The number of rotatable bonds is 7. The lowest BCUT2D eigenvalue weighted by atomic mass is 10.1. The first-order valence-corrected chi connectivity index (χ1v) is 12.8. The first kappa shape index (κ1) is 23.1. The van der Waals surface area contributed by atoms with E-state index in [9.17, 15) is 9.59 Å². The van der Waals surface area contributed by atoms with Crippen LogP contribution in [-0.4, -0.2) is 55.4 Å². The van der Waals surface area contributed by atoms with E-state index in [2.05, 4.69) is 39.6 Å². The number of carbonyl (C=O) groups excluding carboxylic acids is 2. The Morgan fingerprint density at radius 2 is 1.86 bits per heavy atom. The molecule has 1 unspecified atom stereocenters. The number of primary amides is 1. The van der Waals surface area contributed by atoms with Crippen LogP contribution in [0.25, 0.3) is 28.0 Å². The predicted octanol–water partition coefficient (Wildman–Crippen LogP) is 3.32. The number of aromatic nitrogens is 4. The van der Waals surface area contributed by atoms with Gasteiger partial charge >= 0.3 is 0 Å². The molecule has 3 heterocycles. The summed E-state index contributed by atoms with van der Waals surface area (Å²) in [5.41, 5.74) is 7.11. The summed E-state index contributed by atoms with van der Waals surface area (Å²) >= 11 is 0. The summed E-state index contributed by atoms with van der Waals surface area (Å²) in [5, 5.41) is 5.66. The second kappa shape index (κ2) is 9.65. The molecule has 37 heavy (non-hydrogen) atoms. The minimum absolute atomic E-state index is 0.0359. The summed E-state index contributed by atoms with van der Waals surface area (Å²) in [5.74, 6) is 1.79. The average Bonchev–Trinajstić information content (AvgIpc) is 3.68. The minimum Gasteiger partial charge on any atom is -0.369 e. The van der Waals surface area contributed by atoms with E-state index in [-0.39, 0.29) is 24.3 Å². The smallest absolute Gasteiger partial charge is 0.225 e. The molecule has 1 saturated heterocycles. The number of likely N-dealkylation sites (tertiary alicyclic amines) is 1. The van der Waals surface area contributed by atoms with Crippen molar-refractivity contribution < 1.29 is 9.59 Å². The van der Waals surface area contributed by atoms with Crippen molar-refractivity contribution in [3.63, 3.8) is 0 Å². The van der Waals surface area contributed by atoms with Crippen LogP contribution in [0.4, 0.5) is 5.95 Å². The number of hydrogen-bond acceptors (Lipinski definition) is 6. The second-order valence-electron chi connectivity index (χ2n) is 9.89. The number of nitrogens with two attached hydrogens (primary N) is 1. The third-order valence-electron chi connectivity index (χ3n) is 7.06. The van der Waals surface area contributed by atoms with Gasteiger partial charge in [-0.1, -0.05) is 36.4 Å². The van der Waals surface area contributed by atoms with Crippen molar-refractivity contribution in [1.29, 1.82) is 0 Å². The highest BCUT2D eigenvalue weighted by Gasteiger charge is 2.35. The summed E-state index contributed by atoms with van der Waals surface area (Å²) < 4.78 is 1.87. The summed E-state index contributed by atoms with van der Waals surface area (Å²) in [6.07, 6.45) is 7.32. The quantitative estimate of drug-likeness (QED) is 0.406. The predicted molar refractivity (Wildman–Crippen MR) is 141 cm³/mol. The van der Waals surface area contributed by atoms with E-state index in [4.69, 9.17) is 10.7 Å². The Morgan fingerprint density at radius 3 is 2.68 bits per heavy atom. The van der Waals surface area contributed by atoms with E-state index in [1.165, 1.54) is 0 Å². The zero-order valence-electron chi connectivity index (χ0n) is 20.5. The number of nitrogens with one attached hydrogen (secondary N) is 1. The van der Waals surface area contributed by atoms with Gasteiger partial charge in [-0.15, -0.1) is 0 Å². The highest BCUT2D eigenvalue weighted by atomic mass is 16.2. The number of nitrogens with zero attached hydrogens (tertiary/aromatic N) is 5. The molecule has 0 bridgehead atoms. The summed E-state index contributed by atoms with van der Waals surface area (Å²) in [7, 11) is 0. The van der Waals surface area contributed by atoms with Gasteiger partial charge in [-0.25, -0.2) is 9.97 Å². The molecule has 188 valence electrons. The van der Waals surface area contributed by atoms with Gasteiger partial charge in [0.05, 0.1) is 12.1 Å². The molecule has 1 atom stereocenters. The number of benzene rings is 2. The average molecular weight is 496 g/mol. The Morgan fingerprint density at radius 1 is 1.03 bits per heavy atom. The Balaban J connectivity index is 1.31. The Hall–Kier alpha value is -4.27. The van der Waals surface area contributed by atoms with E-state index in [0.29, 0.717) is 29.8 Å². The van der Waals surface area contributed by atoms with Gasteiger partial charge in [0.1, 0.15) is 11.6 Å². The standard InChI is InChI=1S/C28H29N7O2/c29-24(36)15-23-16-31-26(21-10-7-18-4-1-2-5-20(18)14-21)35(23)25-11-12-30-28(33-25)32-22-6-3-13-34(17-22)27(37)19-8-9-19/h1-2,4-5,7,10-12,14,16,19,22H,3,6,8-9,13,15,17H2,(H2,29,36)(H,30,32,33). The molecule has 1 saturated carbocycles. The zero-order chi connectivity index (χ0) is 25.4. The number of carbonyl (C=O) groups is 2. The van der Waals surface area contributed by atoms with Crippen LogP contribution in [0, 0.1) is 5.92 Å². The van der Waals surface area contributed by atoms with Gasteiger partial charge in [0.2, 0.25) is 17.8 Å². The van der Waals surface area contributed by atoms with Gasteiger partial charge in [-0.3, -0.25) is 14.2 Å². The first-order chi connectivity index (χ1) is 18.0. The van der Waals surface area contributed by atoms with Crippen LogP contribution in [0.5, 0.6) is 0 Å². The molecule has 2 aromatic carbocycles. The third-order valence-corrected chi connectivity index (χ3v) is 7.06. The van der Waals surface area contributed by atoms with Crippen LogP contribution in [0.15, 0.2) is 60.9 Å². The fourth-order valence-electron chi connectivity index (χ4n) is 5.09. The SMILES string of the molecule is NC(=O)Cc1cnc(-c2ccc3ccccc3c2)n1-c1ccnc(NC2CCCN(C(=O)C3CC3)C2)n1. The van der Waals surface area contributed by atoms with Crippen molar-refractivity contribution in [3.05, 3.63) is 66.6 Å². The van der Waals surface area contributed by atoms with E-state index in [1.54, 1.807) is 18.5 Å². The Bertz CT molecular complexity index is 1480. The normalized spacial score (nSPS) is 17.6. The van der Waals surface area contributed by atoms with Crippen LogP contribution in [0.1, 0.15) is 31.4 Å². The lowest BCUT2D eigenvalue weighted by Crippen LogP contribution is -2.45. The molecule has 3 N–H and O–H groups in total. The number of imidazole rings is 1. The molecule has 2 aliphatic rings. The zero-order valence-corrected chi connectivity index (χ0v) is 20.5. The van der Waals surface area contributed by atoms with Crippen LogP contribution in [0.3, 0.4) is 0 Å². The molecule has 9 nitrogen and oxygen atoms in total. The van der Waals surface area contributed by atoms with Gasteiger partial charge in [0.15, 0.2) is 0 Å². The molecule has 4 aromatic rings. The summed E-state index contributed by atoms with van der Waals surface area (Å²) in [6, 6.07) is 16.2. The maximum atomic E-state index is 12.6. The molecule has 9 heteroatoms. The van der Waals surface area contributed by atoms with Crippen molar-refractivity contribution >= 4 is 28.5 Å². The molecule has 2 aromatic heterocycles. The molecule has 2 fully saturated rings. The van der Waals surface area contributed by atoms with E-state index in [0.717, 1.165) is 48.6 Å². The molecule has 2 amide bonds. The highest BCUT2D eigenvalue weighted by Crippen LogP contribution is 2.32. The maximum Gasteiger partial charge on any atom is 0.225 e. The largest absolute Gasteiger partial charge is 0.369 e. The number of hydrogen-bond donors (Lipinski definition) is 2. The van der Waals surface area contributed by atoms with Gasteiger partial charge in [0.25, 0.3) is 0 Å². The number of amides is 2. The van der Waals surface area contributed by atoms with Crippen molar-refractivity contribution in [2.24, 2.45) is 11.7 Å². The molecule has 6 rings (SSSR count). The number of piperidine rings is 1. The molecule has 1 aliphatic heterocycles. The fraction of sp³-hybridized carbons (Fsp3) is 0.321. The van der Waals surface area contributed by atoms with E-state index in [1.807, 2.05) is 27.7 Å². The monoisotopic (exact) mass is 495 g/mol. The summed E-state index contributed by atoms with van der Waals surface area (Å²) in [6.45, 7) is 1.47. The molecular weight excluding hydrogens is 466 g/mol. The van der Waals surface area contributed by atoms with Crippen molar-refractivity contribution in [1.82, 2.24) is 24.4 Å². The van der Waals surface area contributed by atoms with Gasteiger partial charge in [-0.2, -0.15) is 4.98 Å². The second-order valence-corrected chi connectivity index (χ2v) is 9.89. The maximum absolute atomic E-state index is 12.6.